The van der Waals surface area contributed by atoms with Crippen molar-refractivity contribution in [3.63, 3.8) is 0 Å². The monoisotopic (exact) mass is 421 g/mol. The van der Waals surface area contributed by atoms with Gasteiger partial charge in [-0.05, 0) is 18.1 Å². The largest absolute Gasteiger partial charge is 0.479 e. The third kappa shape index (κ3) is 5.28. The molecule has 2 aromatic carbocycles. The van der Waals surface area contributed by atoms with Crippen LogP contribution in [0.4, 0.5) is 0 Å². The predicted molar refractivity (Wildman–Crippen MR) is 109 cm³/mol. The van der Waals surface area contributed by atoms with Crippen molar-refractivity contribution < 1.29 is 29.7 Å². The number of hydrogen-bond acceptors (Lipinski definition) is 6. The van der Waals surface area contributed by atoms with Crippen molar-refractivity contribution in [3.05, 3.63) is 83.8 Å². The maximum Gasteiger partial charge on any atom is 0.336 e. The number of aromatic nitrogens is 2. The number of carbonyl (C=O) groups is 3. The van der Waals surface area contributed by atoms with Gasteiger partial charge in [0.15, 0.2) is 6.10 Å². The molecule has 9 nitrogen and oxygen atoms in total. The van der Waals surface area contributed by atoms with Crippen LogP contribution in [0.1, 0.15) is 26.4 Å². The highest BCUT2D eigenvalue weighted by Crippen LogP contribution is 2.21. The Morgan fingerprint density at radius 2 is 1.58 bits per heavy atom. The number of carbonyl (C=O) groups excluding carboxylic acids is 1. The maximum absolute atomic E-state index is 12.6. The third-order valence-electron chi connectivity index (χ3n) is 4.57. The van der Waals surface area contributed by atoms with E-state index in [1.165, 1.54) is 12.3 Å². The van der Waals surface area contributed by atoms with E-state index < -0.39 is 30.0 Å². The topological polar surface area (TPSA) is 150 Å². The van der Waals surface area contributed by atoms with E-state index in [0.29, 0.717) is 5.56 Å². The number of carboxylic acids is 2. The lowest BCUT2D eigenvalue weighted by Gasteiger charge is -2.21. The Morgan fingerprint density at radius 3 is 2.19 bits per heavy atom. The summed E-state index contributed by atoms with van der Waals surface area (Å²) in [5, 5.41) is 31.0. The van der Waals surface area contributed by atoms with E-state index in [4.69, 9.17) is 5.11 Å². The smallest absolute Gasteiger partial charge is 0.336 e. The summed E-state index contributed by atoms with van der Waals surface area (Å²) in [6.45, 7) is 0. The lowest BCUT2D eigenvalue weighted by molar-refractivity contribution is -0.148. The van der Waals surface area contributed by atoms with Crippen LogP contribution >= 0.6 is 0 Å². The van der Waals surface area contributed by atoms with Gasteiger partial charge < -0.3 is 20.6 Å². The molecule has 0 fully saturated rings. The summed E-state index contributed by atoms with van der Waals surface area (Å²) >= 11 is 0. The SMILES string of the molecule is O=C(N[C@H](Cc1ccccc1)[C@@H](O)C(=O)O)c1cnc(-c2ccccc2C(=O)O)cn1. The van der Waals surface area contributed by atoms with Gasteiger partial charge in [0.2, 0.25) is 0 Å². The van der Waals surface area contributed by atoms with E-state index in [1.54, 1.807) is 48.5 Å². The van der Waals surface area contributed by atoms with Crippen molar-refractivity contribution in [3.8, 4) is 11.3 Å². The number of nitrogens with zero attached hydrogens (tertiary/aromatic N) is 2. The van der Waals surface area contributed by atoms with E-state index in [9.17, 15) is 24.6 Å². The Kier molecular flexibility index (Phi) is 6.68. The lowest BCUT2D eigenvalue weighted by atomic mass is 10.0. The van der Waals surface area contributed by atoms with E-state index in [0.717, 1.165) is 11.8 Å². The zero-order chi connectivity index (χ0) is 22.4. The number of aliphatic carboxylic acids is 1. The second-order valence-corrected chi connectivity index (χ2v) is 6.69. The van der Waals surface area contributed by atoms with Crippen molar-refractivity contribution in [2.75, 3.05) is 0 Å². The number of aliphatic hydroxyl groups excluding tert-OH is 1. The van der Waals surface area contributed by atoms with Crippen molar-refractivity contribution >= 4 is 17.8 Å². The molecule has 2 atom stereocenters. The Bertz CT molecular complexity index is 1090. The van der Waals surface area contributed by atoms with Crippen LogP contribution in [0, 0.1) is 0 Å². The summed E-state index contributed by atoms with van der Waals surface area (Å²) < 4.78 is 0. The number of nitrogens with one attached hydrogen (secondary N) is 1. The number of amides is 1. The average molecular weight is 421 g/mol. The first-order valence-corrected chi connectivity index (χ1v) is 9.27. The molecule has 0 bridgehead atoms. The molecule has 0 aliphatic heterocycles. The molecule has 1 amide bonds. The summed E-state index contributed by atoms with van der Waals surface area (Å²) in [6.07, 6.45) is 0.697. The molecule has 1 heterocycles. The number of aliphatic hydroxyl groups is 1. The summed E-state index contributed by atoms with van der Waals surface area (Å²) in [5.74, 6) is -3.30. The zero-order valence-electron chi connectivity index (χ0n) is 16.2. The fraction of sp³-hybridized carbons (Fsp3) is 0.136. The summed E-state index contributed by atoms with van der Waals surface area (Å²) in [5.41, 5.74) is 1.28. The van der Waals surface area contributed by atoms with Crippen molar-refractivity contribution in [1.82, 2.24) is 15.3 Å². The fourth-order valence-corrected chi connectivity index (χ4v) is 3.00. The van der Waals surface area contributed by atoms with Gasteiger partial charge in [-0.15, -0.1) is 0 Å². The second-order valence-electron chi connectivity index (χ2n) is 6.69. The number of rotatable bonds is 8. The summed E-state index contributed by atoms with van der Waals surface area (Å²) in [6, 6.07) is 14.0. The standard InChI is InChI=1S/C22H19N3O6/c26-19(22(30)31)16(10-13-6-2-1-3-7-13)25-20(27)18-12-23-17(11-24-18)14-8-4-5-9-15(14)21(28)29/h1-9,11-12,16,19,26H,10H2,(H,25,27)(H,28,29)(H,30,31)/t16-,19-/m1/s1. The normalized spacial score (nSPS) is 12.5. The first kappa shape index (κ1) is 21.6. The van der Waals surface area contributed by atoms with Crippen molar-refractivity contribution in [1.29, 1.82) is 0 Å². The molecule has 4 N–H and O–H groups in total. The molecule has 0 saturated heterocycles. The number of carboxylic acid groups (broad SMARTS) is 2. The molecule has 0 aliphatic carbocycles. The Morgan fingerprint density at radius 1 is 0.903 bits per heavy atom. The molecule has 1 aromatic heterocycles. The molecule has 31 heavy (non-hydrogen) atoms. The van der Waals surface area contributed by atoms with E-state index in [1.807, 2.05) is 0 Å². The van der Waals surface area contributed by atoms with Crippen LogP contribution in [-0.2, 0) is 11.2 Å². The number of aromatic carboxylic acids is 1. The van der Waals surface area contributed by atoms with Gasteiger partial charge in [-0.3, -0.25) is 9.78 Å². The molecular formula is C22H19N3O6. The van der Waals surface area contributed by atoms with Gasteiger partial charge >= 0.3 is 11.9 Å². The van der Waals surface area contributed by atoms with Gasteiger partial charge in [0.25, 0.3) is 5.91 Å². The van der Waals surface area contributed by atoms with Gasteiger partial charge in [0.1, 0.15) is 5.69 Å². The van der Waals surface area contributed by atoms with Crippen LogP contribution in [0.5, 0.6) is 0 Å². The quantitative estimate of drug-likeness (QED) is 0.429. The van der Waals surface area contributed by atoms with Crippen LogP contribution in [0.25, 0.3) is 11.3 Å². The molecule has 3 aromatic rings. The molecule has 158 valence electrons. The second kappa shape index (κ2) is 9.59. The Labute approximate surface area is 177 Å². The highest BCUT2D eigenvalue weighted by molar-refractivity contribution is 5.96. The van der Waals surface area contributed by atoms with Gasteiger partial charge in [0.05, 0.1) is 29.7 Å². The van der Waals surface area contributed by atoms with Crippen LogP contribution < -0.4 is 5.32 Å². The van der Waals surface area contributed by atoms with E-state index >= 15 is 0 Å². The van der Waals surface area contributed by atoms with Crippen molar-refractivity contribution in [2.24, 2.45) is 0 Å². The summed E-state index contributed by atoms with van der Waals surface area (Å²) in [4.78, 5) is 43.4. The highest BCUT2D eigenvalue weighted by atomic mass is 16.4. The van der Waals surface area contributed by atoms with Crippen LogP contribution in [0.15, 0.2) is 67.0 Å². The molecule has 0 unspecified atom stereocenters. The fourth-order valence-electron chi connectivity index (χ4n) is 3.00. The van der Waals surface area contributed by atoms with Gasteiger partial charge in [0, 0.05) is 5.56 Å². The Balaban J connectivity index is 1.79. The molecule has 9 heteroatoms. The molecule has 3 rings (SSSR count). The lowest BCUT2D eigenvalue weighted by Crippen LogP contribution is -2.48. The first-order chi connectivity index (χ1) is 14.9. The molecule has 0 radical (unpaired) electrons. The van der Waals surface area contributed by atoms with Crippen LogP contribution in [0.2, 0.25) is 0 Å². The molecular weight excluding hydrogens is 402 g/mol. The van der Waals surface area contributed by atoms with Gasteiger partial charge in [-0.2, -0.15) is 0 Å². The number of hydrogen-bond donors (Lipinski definition) is 4. The zero-order valence-corrected chi connectivity index (χ0v) is 16.2. The average Bonchev–Trinajstić information content (AvgIpc) is 2.78. The molecule has 0 saturated carbocycles. The molecule has 0 aliphatic rings. The minimum atomic E-state index is -1.82. The summed E-state index contributed by atoms with van der Waals surface area (Å²) in [7, 11) is 0. The van der Waals surface area contributed by atoms with Crippen molar-refractivity contribution in [2.45, 2.75) is 18.6 Å². The minimum Gasteiger partial charge on any atom is -0.479 e. The van der Waals surface area contributed by atoms with Gasteiger partial charge in [-0.25, -0.2) is 14.6 Å². The Hall–Kier alpha value is -4.11. The highest BCUT2D eigenvalue weighted by Gasteiger charge is 2.28. The minimum absolute atomic E-state index is 0.0431. The van der Waals surface area contributed by atoms with E-state index in [2.05, 4.69) is 15.3 Å². The maximum atomic E-state index is 12.6. The first-order valence-electron chi connectivity index (χ1n) is 9.27. The number of benzene rings is 2. The van der Waals surface area contributed by atoms with E-state index in [-0.39, 0.29) is 23.4 Å². The predicted octanol–water partition coefficient (Wildman–Crippen LogP) is 1.63. The third-order valence-corrected chi connectivity index (χ3v) is 4.57. The molecule has 0 spiro atoms. The van der Waals surface area contributed by atoms with Gasteiger partial charge in [-0.1, -0.05) is 48.5 Å². The van der Waals surface area contributed by atoms with Crippen LogP contribution in [-0.4, -0.2) is 55.3 Å². The van der Waals surface area contributed by atoms with Crippen LogP contribution in [0.3, 0.4) is 0 Å².